The zero-order chi connectivity index (χ0) is 12.7. The molecule has 3 N–H and O–H groups in total. The van der Waals surface area contributed by atoms with E-state index in [1.165, 1.54) is 0 Å². The highest BCUT2D eigenvalue weighted by Crippen LogP contribution is 2.24. The van der Waals surface area contributed by atoms with Crippen LogP contribution in [-0.4, -0.2) is 19.0 Å². The predicted molar refractivity (Wildman–Crippen MR) is 66.9 cm³/mol. The molecule has 0 aliphatic heterocycles. The number of nitrogens with two attached hydrogens (primary N) is 1. The zero-order valence-electron chi connectivity index (χ0n) is 10.2. The minimum Gasteiger partial charge on any atom is -0.351 e. The Balaban J connectivity index is 2.66. The minimum absolute atomic E-state index is 0.0368. The van der Waals surface area contributed by atoms with Crippen LogP contribution in [0.3, 0.4) is 0 Å². The molecule has 0 saturated heterocycles. The van der Waals surface area contributed by atoms with E-state index in [0.29, 0.717) is 19.5 Å². The number of rotatable bonds is 5. The zero-order valence-corrected chi connectivity index (χ0v) is 10.2. The molecule has 0 aromatic carbocycles. The van der Waals surface area contributed by atoms with Gasteiger partial charge >= 0.3 is 0 Å². The second kappa shape index (κ2) is 6.87. The van der Waals surface area contributed by atoms with Gasteiger partial charge in [0.1, 0.15) is 0 Å². The molecule has 0 bridgehead atoms. The molecule has 1 aliphatic carbocycles. The van der Waals surface area contributed by atoms with Crippen LogP contribution in [0, 0.1) is 17.2 Å². The molecule has 1 amide bonds. The number of hydrogen-bond acceptors (Lipinski definition) is 3. The van der Waals surface area contributed by atoms with Crippen molar-refractivity contribution < 1.29 is 4.79 Å². The lowest BCUT2D eigenvalue weighted by Gasteiger charge is -2.17. The quantitative estimate of drug-likeness (QED) is 0.750. The Hall–Kier alpha value is -1.60. The van der Waals surface area contributed by atoms with Gasteiger partial charge in [-0.05, 0) is 24.3 Å². The lowest BCUT2D eigenvalue weighted by Crippen LogP contribution is -2.30. The smallest absolute Gasteiger partial charge is 0.247 e. The molecular formula is C13H19N3O. The molecule has 0 spiro atoms. The molecule has 4 nitrogen and oxygen atoms in total. The van der Waals surface area contributed by atoms with E-state index in [1.807, 2.05) is 13.0 Å². The lowest BCUT2D eigenvalue weighted by molar-refractivity contribution is -0.117. The largest absolute Gasteiger partial charge is 0.351 e. The van der Waals surface area contributed by atoms with Gasteiger partial charge < -0.3 is 11.1 Å². The van der Waals surface area contributed by atoms with Crippen molar-refractivity contribution in [2.45, 2.75) is 26.2 Å². The van der Waals surface area contributed by atoms with Gasteiger partial charge in [0.2, 0.25) is 5.91 Å². The normalized spacial score (nSPS) is 16.5. The van der Waals surface area contributed by atoms with Crippen molar-refractivity contribution >= 4 is 5.91 Å². The Labute approximate surface area is 102 Å². The topological polar surface area (TPSA) is 78.9 Å². The number of nitriles is 1. The predicted octanol–water partition coefficient (Wildman–Crippen LogP) is 1.26. The molecule has 4 heteroatoms. The Morgan fingerprint density at radius 1 is 1.71 bits per heavy atom. The van der Waals surface area contributed by atoms with Crippen molar-refractivity contribution in [3.8, 4) is 6.07 Å². The van der Waals surface area contributed by atoms with Gasteiger partial charge in [0, 0.05) is 25.1 Å². The first-order chi connectivity index (χ1) is 8.19. The molecule has 0 radical (unpaired) electrons. The Bertz CT molecular complexity index is 377. The highest BCUT2D eigenvalue weighted by molar-refractivity contribution is 5.94. The highest BCUT2D eigenvalue weighted by atomic mass is 16.1. The van der Waals surface area contributed by atoms with Crippen LogP contribution in [-0.2, 0) is 4.79 Å². The number of nitrogens with zero attached hydrogens (tertiary/aromatic N) is 1. The van der Waals surface area contributed by atoms with Gasteiger partial charge in [0.15, 0.2) is 0 Å². The Kier molecular flexibility index (Phi) is 5.44. The number of nitrogens with one attached hydrogen (secondary N) is 1. The van der Waals surface area contributed by atoms with Crippen molar-refractivity contribution in [3.63, 3.8) is 0 Å². The van der Waals surface area contributed by atoms with Gasteiger partial charge in [-0.15, -0.1) is 0 Å². The van der Waals surface area contributed by atoms with E-state index in [9.17, 15) is 4.79 Å². The highest BCUT2D eigenvalue weighted by Gasteiger charge is 2.15. The van der Waals surface area contributed by atoms with E-state index in [1.54, 1.807) is 0 Å². The van der Waals surface area contributed by atoms with E-state index in [0.717, 1.165) is 24.0 Å². The van der Waals surface area contributed by atoms with Crippen LogP contribution < -0.4 is 11.1 Å². The molecule has 1 unspecified atom stereocenters. The summed E-state index contributed by atoms with van der Waals surface area (Å²) in [6.45, 7) is 2.96. The number of hydrogen-bond donors (Lipinski definition) is 2. The number of allylic oxidation sites excluding steroid dienone is 3. The first-order valence-corrected chi connectivity index (χ1v) is 5.95. The number of amides is 1. The number of carbonyl (C=O) groups excluding carboxylic acids is 1. The van der Waals surface area contributed by atoms with Gasteiger partial charge in [-0.3, -0.25) is 4.79 Å². The van der Waals surface area contributed by atoms with Crippen LogP contribution in [0.5, 0.6) is 0 Å². The second-order valence-corrected chi connectivity index (χ2v) is 4.22. The van der Waals surface area contributed by atoms with E-state index in [4.69, 9.17) is 11.0 Å². The summed E-state index contributed by atoms with van der Waals surface area (Å²) in [4.78, 5) is 11.8. The molecule has 1 rings (SSSR count). The van der Waals surface area contributed by atoms with Crippen LogP contribution >= 0.6 is 0 Å². The summed E-state index contributed by atoms with van der Waals surface area (Å²) in [5, 5.41) is 11.4. The van der Waals surface area contributed by atoms with Crippen LogP contribution in [0.2, 0.25) is 0 Å². The van der Waals surface area contributed by atoms with Crippen molar-refractivity contribution in [2.75, 3.05) is 13.1 Å². The summed E-state index contributed by atoms with van der Waals surface area (Å²) in [5.41, 5.74) is 7.23. The fraction of sp³-hybridized carbons (Fsp3) is 0.538. The summed E-state index contributed by atoms with van der Waals surface area (Å²) >= 11 is 0. The summed E-state index contributed by atoms with van der Waals surface area (Å²) in [6.07, 6.45) is 6.14. The van der Waals surface area contributed by atoms with Crippen molar-refractivity contribution in [1.82, 2.24) is 5.32 Å². The van der Waals surface area contributed by atoms with Crippen molar-refractivity contribution in [1.29, 1.82) is 5.26 Å². The molecular weight excluding hydrogens is 214 g/mol. The SMILES string of the molecule is CC(CC#N)C1=CCCC(C(=O)NCCN)=C1. The van der Waals surface area contributed by atoms with Crippen LogP contribution in [0.4, 0.5) is 0 Å². The standard InChI is InChI=1S/C13H19N3O/c1-10(5-6-14)11-3-2-4-12(9-11)13(17)16-8-7-15/h3,9-10H,2,4-5,7-8,15H2,1H3,(H,16,17). The average molecular weight is 233 g/mol. The molecule has 1 aliphatic rings. The Morgan fingerprint density at radius 3 is 3.12 bits per heavy atom. The van der Waals surface area contributed by atoms with Crippen LogP contribution in [0.25, 0.3) is 0 Å². The lowest BCUT2D eigenvalue weighted by atomic mass is 9.90. The second-order valence-electron chi connectivity index (χ2n) is 4.22. The molecule has 0 aromatic heterocycles. The van der Waals surface area contributed by atoms with E-state index in [-0.39, 0.29) is 11.8 Å². The molecule has 0 aromatic rings. The Morgan fingerprint density at radius 2 is 2.47 bits per heavy atom. The van der Waals surface area contributed by atoms with Crippen LogP contribution in [0.15, 0.2) is 23.3 Å². The van der Waals surface area contributed by atoms with Gasteiger partial charge in [-0.1, -0.05) is 19.1 Å². The molecule has 0 saturated carbocycles. The first kappa shape index (κ1) is 13.5. The molecule has 92 valence electrons. The maximum atomic E-state index is 11.8. The molecule has 1 atom stereocenters. The third-order valence-corrected chi connectivity index (χ3v) is 2.82. The average Bonchev–Trinajstić information content (AvgIpc) is 2.36. The van der Waals surface area contributed by atoms with Crippen LogP contribution in [0.1, 0.15) is 26.2 Å². The summed E-state index contributed by atoms with van der Waals surface area (Å²) < 4.78 is 0. The maximum absolute atomic E-state index is 11.8. The van der Waals surface area contributed by atoms with Gasteiger partial charge in [0.05, 0.1) is 6.07 Å². The molecule has 0 heterocycles. The minimum atomic E-state index is -0.0368. The molecule has 17 heavy (non-hydrogen) atoms. The van der Waals surface area contributed by atoms with E-state index < -0.39 is 0 Å². The fourth-order valence-corrected chi connectivity index (χ4v) is 1.80. The van der Waals surface area contributed by atoms with Gasteiger partial charge in [-0.25, -0.2) is 0 Å². The maximum Gasteiger partial charge on any atom is 0.247 e. The third kappa shape index (κ3) is 4.04. The third-order valence-electron chi connectivity index (χ3n) is 2.82. The summed E-state index contributed by atoms with van der Waals surface area (Å²) in [6, 6.07) is 2.16. The van der Waals surface area contributed by atoms with E-state index >= 15 is 0 Å². The van der Waals surface area contributed by atoms with Gasteiger partial charge in [0.25, 0.3) is 0 Å². The monoisotopic (exact) mass is 233 g/mol. The summed E-state index contributed by atoms with van der Waals surface area (Å²) in [5.74, 6) is 0.155. The summed E-state index contributed by atoms with van der Waals surface area (Å²) in [7, 11) is 0. The first-order valence-electron chi connectivity index (χ1n) is 5.95. The van der Waals surface area contributed by atoms with Gasteiger partial charge in [-0.2, -0.15) is 5.26 Å². The van der Waals surface area contributed by atoms with Crippen molar-refractivity contribution in [2.24, 2.45) is 11.7 Å². The van der Waals surface area contributed by atoms with E-state index in [2.05, 4.69) is 17.5 Å². The number of carbonyl (C=O) groups is 1. The fourth-order valence-electron chi connectivity index (χ4n) is 1.80. The molecule has 0 fully saturated rings. The van der Waals surface area contributed by atoms with Crippen molar-refractivity contribution in [3.05, 3.63) is 23.3 Å².